The van der Waals surface area contributed by atoms with Crippen LogP contribution in [0.15, 0.2) is 46.6 Å². The van der Waals surface area contributed by atoms with Crippen molar-refractivity contribution in [3.63, 3.8) is 0 Å². The number of pyridine rings is 1. The quantitative estimate of drug-likeness (QED) is 0.717. The third-order valence-corrected chi connectivity index (χ3v) is 5.16. The van der Waals surface area contributed by atoms with Crippen molar-refractivity contribution in [1.29, 1.82) is 0 Å². The van der Waals surface area contributed by atoms with Gasteiger partial charge in [0.2, 0.25) is 11.8 Å². The molecule has 1 unspecified atom stereocenters. The van der Waals surface area contributed by atoms with Crippen molar-refractivity contribution in [2.24, 2.45) is 12.8 Å². The lowest BCUT2D eigenvalue weighted by atomic mass is 9.68. The number of nitrogens with two attached hydrogens (primary N) is 1. The third kappa shape index (κ3) is 1.95. The fourth-order valence-electron chi connectivity index (χ4n) is 3.81. The second kappa shape index (κ2) is 5.47. The Morgan fingerprint density at radius 3 is 2.70 bits per heavy atom. The number of aromatic nitrogens is 1. The number of benzene rings is 1. The van der Waals surface area contributed by atoms with Crippen molar-refractivity contribution < 1.29 is 19.1 Å². The number of ether oxygens (including phenoxy) is 2. The number of esters is 1. The predicted molar refractivity (Wildman–Crippen MR) is 96.1 cm³/mol. The predicted octanol–water partition coefficient (Wildman–Crippen LogP) is 0.668. The zero-order valence-corrected chi connectivity index (χ0v) is 15.0. The number of nitrogens with zero attached hydrogens (tertiary/aromatic N) is 1. The minimum absolute atomic E-state index is 0.0349. The highest BCUT2D eigenvalue weighted by Crippen LogP contribution is 2.52. The van der Waals surface area contributed by atoms with Gasteiger partial charge in [-0.25, -0.2) is 4.79 Å². The first-order valence-electron chi connectivity index (χ1n) is 8.22. The van der Waals surface area contributed by atoms with Crippen LogP contribution >= 0.6 is 0 Å². The molecule has 0 radical (unpaired) electrons. The largest absolute Gasteiger partial charge is 0.465 e. The van der Waals surface area contributed by atoms with Crippen molar-refractivity contribution in [3.05, 3.63) is 69.0 Å². The Bertz CT molecular complexity index is 1110. The van der Waals surface area contributed by atoms with Crippen molar-refractivity contribution >= 4 is 17.6 Å². The molecule has 0 saturated heterocycles. The summed E-state index contributed by atoms with van der Waals surface area (Å²) in [5, 5.41) is 2.75. The van der Waals surface area contributed by atoms with E-state index in [0.717, 1.165) is 0 Å². The van der Waals surface area contributed by atoms with Crippen molar-refractivity contribution in [2.75, 3.05) is 12.4 Å². The van der Waals surface area contributed by atoms with Crippen LogP contribution in [0.5, 0.6) is 5.75 Å². The number of hydrogen-bond acceptors (Lipinski definition) is 6. The third-order valence-electron chi connectivity index (χ3n) is 5.16. The molecule has 8 heteroatoms. The van der Waals surface area contributed by atoms with Gasteiger partial charge in [0.05, 0.1) is 12.7 Å². The van der Waals surface area contributed by atoms with Crippen LogP contribution in [0.2, 0.25) is 0 Å². The molecule has 27 heavy (non-hydrogen) atoms. The highest BCUT2D eigenvalue weighted by atomic mass is 16.5. The number of amides is 1. The van der Waals surface area contributed by atoms with Crippen LogP contribution in [0.3, 0.4) is 0 Å². The van der Waals surface area contributed by atoms with E-state index in [1.165, 1.54) is 11.7 Å². The van der Waals surface area contributed by atoms with E-state index in [4.69, 9.17) is 15.2 Å². The number of hydrogen-bond donors (Lipinski definition) is 2. The Morgan fingerprint density at radius 1 is 1.30 bits per heavy atom. The first-order valence-corrected chi connectivity index (χ1v) is 8.22. The van der Waals surface area contributed by atoms with Gasteiger partial charge in [0, 0.05) is 30.1 Å². The van der Waals surface area contributed by atoms with Crippen LogP contribution in [-0.2, 0) is 26.8 Å². The number of para-hydroxylation sites is 1. The van der Waals surface area contributed by atoms with Crippen LogP contribution in [0.25, 0.3) is 0 Å². The molecular weight excluding hydrogens is 350 g/mol. The average Bonchev–Trinajstić information content (AvgIpc) is 2.92. The molecule has 0 fully saturated rings. The lowest BCUT2D eigenvalue weighted by Crippen LogP contribution is -2.49. The Kier molecular flexibility index (Phi) is 3.42. The van der Waals surface area contributed by atoms with Crippen LogP contribution in [-0.4, -0.2) is 23.6 Å². The standard InChI is InChI=1S/C19H17N3O5/c1-9-8-12-13(16(23)22(9)2)19(14(15(20)27-12)17(24)26-3)10-6-4-5-7-11(10)21-18(19)25/h4-8H,20H2,1-3H3,(H,21,25). The number of methoxy groups -OCH3 is 1. The molecule has 0 saturated carbocycles. The molecule has 2 aromatic rings. The molecule has 4 rings (SSSR count). The Balaban J connectivity index is 2.22. The summed E-state index contributed by atoms with van der Waals surface area (Å²) in [5.41, 5.74) is 5.24. The second-order valence-corrected chi connectivity index (χ2v) is 6.47. The normalized spacial score (nSPS) is 20.0. The average molecular weight is 367 g/mol. The number of rotatable bonds is 1. The summed E-state index contributed by atoms with van der Waals surface area (Å²) in [6.07, 6.45) is 0. The smallest absolute Gasteiger partial charge is 0.340 e. The topological polar surface area (TPSA) is 113 Å². The van der Waals surface area contributed by atoms with Gasteiger partial charge in [0.15, 0.2) is 0 Å². The van der Waals surface area contributed by atoms with Crippen LogP contribution < -0.4 is 21.3 Å². The van der Waals surface area contributed by atoms with Gasteiger partial charge in [0.1, 0.15) is 16.7 Å². The molecule has 1 aromatic heterocycles. The molecule has 0 bridgehead atoms. The number of anilines is 1. The van der Waals surface area contributed by atoms with Gasteiger partial charge in [-0.05, 0) is 13.0 Å². The van der Waals surface area contributed by atoms with Crippen LogP contribution in [0.4, 0.5) is 5.69 Å². The van der Waals surface area contributed by atoms with E-state index in [1.807, 2.05) is 0 Å². The fraction of sp³-hybridized carbons (Fsp3) is 0.211. The van der Waals surface area contributed by atoms with E-state index in [9.17, 15) is 14.4 Å². The Morgan fingerprint density at radius 2 is 2.00 bits per heavy atom. The minimum atomic E-state index is -1.75. The molecule has 1 amide bonds. The maximum atomic E-state index is 13.3. The molecule has 8 nitrogen and oxygen atoms in total. The summed E-state index contributed by atoms with van der Waals surface area (Å²) in [6.45, 7) is 1.73. The molecule has 1 atom stereocenters. The molecule has 0 aliphatic carbocycles. The summed E-state index contributed by atoms with van der Waals surface area (Å²) in [5.74, 6) is -1.52. The van der Waals surface area contributed by atoms with Gasteiger partial charge in [-0.3, -0.25) is 9.59 Å². The first kappa shape index (κ1) is 16.9. The maximum absolute atomic E-state index is 13.3. The number of carbonyl (C=O) groups excluding carboxylic acids is 2. The number of aryl methyl sites for hydroxylation is 1. The summed E-state index contributed by atoms with van der Waals surface area (Å²) in [7, 11) is 2.77. The number of fused-ring (bicyclic) bond motifs is 4. The van der Waals surface area contributed by atoms with Gasteiger partial charge < -0.3 is 25.1 Å². The summed E-state index contributed by atoms with van der Waals surface area (Å²) < 4.78 is 11.9. The molecule has 2 aliphatic rings. The van der Waals surface area contributed by atoms with E-state index < -0.39 is 22.9 Å². The van der Waals surface area contributed by atoms with Gasteiger partial charge in [-0.15, -0.1) is 0 Å². The second-order valence-electron chi connectivity index (χ2n) is 6.47. The van der Waals surface area contributed by atoms with Gasteiger partial charge in [-0.1, -0.05) is 18.2 Å². The maximum Gasteiger partial charge on any atom is 0.340 e. The number of nitrogens with one attached hydrogen (secondary N) is 1. The lowest BCUT2D eigenvalue weighted by molar-refractivity contribution is -0.138. The summed E-state index contributed by atoms with van der Waals surface area (Å²) >= 11 is 0. The molecule has 3 N–H and O–H groups in total. The first-order chi connectivity index (χ1) is 12.8. The molecule has 138 valence electrons. The summed E-state index contributed by atoms with van der Waals surface area (Å²) in [4.78, 5) is 39.1. The van der Waals surface area contributed by atoms with Crippen molar-refractivity contribution in [3.8, 4) is 5.75 Å². The molecular formula is C19H17N3O5. The molecule has 3 heterocycles. The number of carbonyl (C=O) groups is 2. The monoisotopic (exact) mass is 367 g/mol. The van der Waals surface area contributed by atoms with Gasteiger partial charge >= 0.3 is 5.97 Å². The lowest BCUT2D eigenvalue weighted by Gasteiger charge is -2.35. The van der Waals surface area contributed by atoms with E-state index >= 15 is 0 Å². The summed E-state index contributed by atoms with van der Waals surface area (Å²) in [6, 6.07) is 8.46. The SMILES string of the molecule is COC(=O)C1=C(N)Oc2cc(C)n(C)c(=O)c2C12C(=O)Nc1ccccc12. The van der Waals surface area contributed by atoms with Gasteiger partial charge in [0.25, 0.3) is 5.56 Å². The Hall–Kier alpha value is -3.55. The molecule has 1 aromatic carbocycles. The Labute approximate surface area is 154 Å². The molecule has 2 aliphatic heterocycles. The van der Waals surface area contributed by atoms with Crippen LogP contribution in [0, 0.1) is 6.92 Å². The highest BCUT2D eigenvalue weighted by molar-refractivity contribution is 6.17. The van der Waals surface area contributed by atoms with Crippen LogP contribution in [0.1, 0.15) is 16.8 Å². The fourth-order valence-corrected chi connectivity index (χ4v) is 3.81. The van der Waals surface area contributed by atoms with Crippen molar-refractivity contribution in [2.45, 2.75) is 12.3 Å². The highest BCUT2D eigenvalue weighted by Gasteiger charge is 2.60. The van der Waals surface area contributed by atoms with E-state index in [0.29, 0.717) is 16.9 Å². The minimum Gasteiger partial charge on any atom is -0.465 e. The van der Waals surface area contributed by atoms with E-state index in [-0.39, 0.29) is 22.8 Å². The van der Waals surface area contributed by atoms with Crippen molar-refractivity contribution in [1.82, 2.24) is 4.57 Å². The van der Waals surface area contributed by atoms with Gasteiger partial charge in [-0.2, -0.15) is 0 Å². The van der Waals surface area contributed by atoms with E-state index in [1.54, 1.807) is 44.3 Å². The zero-order chi connectivity index (χ0) is 19.5. The zero-order valence-electron chi connectivity index (χ0n) is 15.0. The van der Waals surface area contributed by atoms with E-state index in [2.05, 4.69) is 5.32 Å². The molecule has 1 spiro atoms.